The third-order valence-corrected chi connectivity index (χ3v) is 2.37. The van der Waals surface area contributed by atoms with Crippen molar-refractivity contribution in [1.82, 2.24) is 10.6 Å². The summed E-state index contributed by atoms with van der Waals surface area (Å²) in [6.07, 6.45) is -1.72. The maximum absolute atomic E-state index is 9.81. The van der Waals surface area contributed by atoms with Crippen molar-refractivity contribution < 1.29 is 48.5 Å². The minimum Gasteiger partial charge on any atom is -0.810 e. The van der Waals surface area contributed by atoms with Crippen LogP contribution in [0.15, 0.2) is 0 Å². The van der Waals surface area contributed by atoms with Gasteiger partial charge in [-0.1, -0.05) is 15.2 Å². The van der Waals surface area contributed by atoms with Crippen molar-refractivity contribution in [2.75, 3.05) is 25.7 Å². The first-order valence-corrected chi connectivity index (χ1v) is 8.12. The molecule has 0 fully saturated rings. The summed E-state index contributed by atoms with van der Waals surface area (Å²) in [5, 5.41) is 23.0. The molecule has 0 amide bonds. The number of carbonyl (C=O) groups excluding carboxylic acids is 2. The van der Waals surface area contributed by atoms with Gasteiger partial charge in [-0.25, -0.2) is 0 Å². The smallest absolute Gasteiger partial charge is 0.810 e. The van der Waals surface area contributed by atoms with Crippen LogP contribution in [0.3, 0.4) is 0 Å². The fourth-order valence-electron chi connectivity index (χ4n) is 0.590. The van der Waals surface area contributed by atoms with E-state index in [4.69, 9.17) is 0 Å². The third kappa shape index (κ3) is 45.2. The van der Waals surface area contributed by atoms with E-state index in [0.29, 0.717) is 0 Å². The Morgan fingerprint density at radius 3 is 1.04 bits per heavy atom. The van der Waals surface area contributed by atoms with Gasteiger partial charge in [0, 0.05) is 25.7 Å². The molecule has 0 radical (unpaired) electrons. The number of nitrogens with one attached hydrogen (secondary N) is 2. The van der Waals surface area contributed by atoms with Crippen LogP contribution >= 0.6 is 15.2 Å². The number of aliphatic carboxylic acids is 2. The summed E-state index contributed by atoms with van der Waals surface area (Å²) in [6, 6.07) is 0. The van der Waals surface area contributed by atoms with E-state index in [9.17, 15) is 48.5 Å². The van der Waals surface area contributed by atoms with Crippen molar-refractivity contribution in [3.05, 3.63) is 0 Å². The Bertz CT molecular complexity index is 375. The van der Waals surface area contributed by atoms with E-state index >= 15 is 0 Å². The molecule has 0 atom stereocenters. The molecule has 0 aromatic heterocycles. The molecule has 2 N–H and O–H groups in total. The second-order valence-corrected chi connectivity index (χ2v) is 6.21. The fraction of sp³-hybridized carbons (Fsp3) is 0.667. The van der Waals surface area contributed by atoms with Crippen molar-refractivity contribution in [1.29, 1.82) is 0 Å². The van der Waals surface area contributed by atoms with Gasteiger partial charge in [0.25, 0.3) is 0 Å². The Labute approximate surface area is 179 Å². The van der Waals surface area contributed by atoms with E-state index in [-0.39, 0.29) is 69.2 Å². The topological polar surface area (TPSA) is 231 Å². The van der Waals surface area contributed by atoms with Crippen LogP contribution in [0, 0.1) is 0 Å². The Kier molecular flexibility index (Phi) is 28.2. The summed E-state index contributed by atoms with van der Waals surface area (Å²) >= 11 is 0. The first-order valence-electron chi connectivity index (χ1n) is 4.67. The van der Waals surface area contributed by atoms with E-state index in [1.54, 1.807) is 0 Å². The molecular formula is C6H10Mg3N2O10P2. The van der Waals surface area contributed by atoms with Gasteiger partial charge in [-0.3, -0.25) is 0 Å². The largest absolute Gasteiger partial charge is 2.00 e. The van der Waals surface area contributed by atoms with Crippen LogP contribution < -0.4 is 40.4 Å². The van der Waals surface area contributed by atoms with Crippen LogP contribution in [0.25, 0.3) is 0 Å². The Balaban J connectivity index is -0.0000000831. The SMILES string of the molecule is O=C([O-])CNCP(=O)([O-])[O-].O=C([O-])CNCP(=O)([O-])[O-].[Mg+2].[Mg+2].[Mg+2]. The van der Waals surface area contributed by atoms with Crippen molar-refractivity contribution >= 4 is 96.3 Å². The second kappa shape index (κ2) is 18.3. The first kappa shape index (κ1) is 35.5. The van der Waals surface area contributed by atoms with Gasteiger partial charge in [-0.05, 0) is 0 Å². The molecule has 17 heteroatoms. The molecule has 0 aliphatic heterocycles. The molecule has 0 saturated heterocycles. The quantitative estimate of drug-likeness (QED) is 0.283. The molecule has 0 unspecified atom stereocenters. The summed E-state index contributed by atoms with van der Waals surface area (Å²) in [5.74, 6) is -2.90. The Morgan fingerprint density at radius 2 is 0.913 bits per heavy atom. The van der Waals surface area contributed by atoms with Crippen molar-refractivity contribution in [3.8, 4) is 0 Å². The van der Waals surface area contributed by atoms with Gasteiger partial charge in [0.2, 0.25) is 0 Å². The van der Waals surface area contributed by atoms with Crippen molar-refractivity contribution in [2.24, 2.45) is 0 Å². The van der Waals surface area contributed by atoms with Gasteiger partial charge in [-0.15, -0.1) is 0 Å². The summed E-state index contributed by atoms with van der Waals surface area (Å²) in [7, 11) is -9.25. The molecule has 0 saturated carbocycles. The number of rotatable bonds is 8. The average molecular weight is 405 g/mol. The van der Waals surface area contributed by atoms with Crippen LogP contribution in [0.1, 0.15) is 0 Å². The molecule has 0 aliphatic carbocycles. The molecular weight excluding hydrogens is 395 g/mol. The Morgan fingerprint density at radius 1 is 0.696 bits per heavy atom. The third-order valence-electron chi connectivity index (χ3n) is 1.15. The average Bonchev–Trinajstić information content (AvgIpc) is 2.12. The van der Waals surface area contributed by atoms with Gasteiger partial charge in [0.15, 0.2) is 0 Å². The molecule has 0 rings (SSSR count). The molecule has 12 nitrogen and oxygen atoms in total. The fourth-order valence-corrected chi connectivity index (χ4v) is 1.36. The molecule has 23 heavy (non-hydrogen) atoms. The van der Waals surface area contributed by atoms with E-state index in [0.717, 1.165) is 0 Å². The van der Waals surface area contributed by atoms with Gasteiger partial charge < -0.3 is 59.1 Å². The number of carboxylic acids is 2. The predicted octanol–water partition coefficient (Wildman–Crippen LogP) is -8.75. The molecule has 0 aromatic carbocycles. The van der Waals surface area contributed by atoms with Crippen molar-refractivity contribution in [3.63, 3.8) is 0 Å². The number of hydrogen-bond acceptors (Lipinski definition) is 12. The molecule has 0 heterocycles. The van der Waals surface area contributed by atoms with Crippen LogP contribution in [-0.2, 0) is 18.7 Å². The zero-order valence-corrected chi connectivity index (χ0v) is 18.0. The predicted molar refractivity (Wildman–Crippen MR) is 68.2 cm³/mol. The monoisotopic (exact) mass is 404 g/mol. The maximum atomic E-state index is 9.81. The van der Waals surface area contributed by atoms with E-state index in [2.05, 4.69) is 0 Å². The van der Waals surface area contributed by atoms with E-state index in [1.807, 2.05) is 10.6 Å². The van der Waals surface area contributed by atoms with Gasteiger partial charge in [0.1, 0.15) is 0 Å². The van der Waals surface area contributed by atoms with Gasteiger partial charge in [-0.2, -0.15) is 0 Å². The first-order chi connectivity index (χ1) is 8.83. The van der Waals surface area contributed by atoms with Crippen LogP contribution in [0.5, 0.6) is 0 Å². The molecule has 0 bridgehead atoms. The molecule has 0 spiro atoms. The van der Waals surface area contributed by atoms with Gasteiger partial charge >= 0.3 is 69.2 Å². The van der Waals surface area contributed by atoms with E-state index in [1.165, 1.54) is 0 Å². The standard InChI is InChI=1S/2C3H8NO5P.3Mg/c2*5-3(6)1-4-2-10(7,8)9;;;/h2*4H,1-2H2,(H,5,6)(H2,7,8,9);;;/q;;3*+2/p-6. The Hall–Kier alpha value is 1.46. The molecule has 0 aliphatic rings. The maximum Gasteiger partial charge on any atom is 2.00 e. The zero-order valence-electron chi connectivity index (χ0n) is 11.9. The summed E-state index contributed by atoms with van der Waals surface area (Å²) in [4.78, 5) is 58.5. The summed E-state index contributed by atoms with van der Waals surface area (Å²) in [6.45, 7) is -1.26. The van der Waals surface area contributed by atoms with Gasteiger partial charge in [0.05, 0.1) is 11.9 Å². The second-order valence-electron chi connectivity index (χ2n) is 3.14. The summed E-state index contributed by atoms with van der Waals surface area (Å²) < 4.78 is 19.6. The normalized spacial score (nSPS) is 9.91. The molecule has 120 valence electrons. The minimum absolute atomic E-state index is 0. The number of carbonyl (C=O) groups is 2. The zero-order chi connectivity index (χ0) is 16.4. The number of carboxylic acid groups (broad SMARTS) is 2. The van der Waals surface area contributed by atoms with E-state index < -0.39 is 52.8 Å². The van der Waals surface area contributed by atoms with Crippen LogP contribution in [0.2, 0.25) is 0 Å². The molecule has 0 aromatic rings. The minimum atomic E-state index is -4.62. The van der Waals surface area contributed by atoms with Crippen molar-refractivity contribution in [2.45, 2.75) is 0 Å². The van der Waals surface area contributed by atoms with Crippen LogP contribution in [0.4, 0.5) is 0 Å². The number of hydrogen-bond donors (Lipinski definition) is 2. The summed E-state index contributed by atoms with van der Waals surface area (Å²) in [5.41, 5.74) is 0. The van der Waals surface area contributed by atoms with Crippen LogP contribution in [-0.4, -0.2) is 107 Å².